The van der Waals surface area contributed by atoms with E-state index in [-0.39, 0.29) is 5.56 Å². The van der Waals surface area contributed by atoms with E-state index in [4.69, 9.17) is 0 Å². The summed E-state index contributed by atoms with van der Waals surface area (Å²) in [6.07, 6.45) is 2.25. The fourth-order valence-corrected chi connectivity index (χ4v) is 1.64. The van der Waals surface area contributed by atoms with Crippen molar-refractivity contribution in [2.24, 2.45) is 0 Å². The molecule has 0 saturated heterocycles. The molecule has 2 aromatic rings. The van der Waals surface area contributed by atoms with Gasteiger partial charge in [0.15, 0.2) is 0 Å². The van der Waals surface area contributed by atoms with Crippen molar-refractivity contribution in [3.63, 3.8) is 0 Å². The summed E-state index contributed by atoms with van der Waals surface area (Å²) in [6, 6.07) is 11.5. The first-order chi connectivity index (χ1) is 7.79. The molecule has 16 heavy (non-hydrogen) atoms. The van der Waals surface area contributed by atoms with Crippen molar-refractivity contribution in [2.75, 3.05) is 0 Å². The van der Waals surface area contributed by atoms with Gasteiger partial charge in [-0.2, -0.15) is 5.10 Å². The minimum Gasteiger partial charge on any atom is -0.268 e. The molecule has 82 valence electrons. The summed E-state index contributed by atoms with van der Waals surface area (Å²) in [5.41, 5.74) is 2.97. The third kappa shape index (κ3) is 2.37. The lowest BCUT2D eigenvalue weighted by molar-refractivity contribution is 0.922. The predicted octanol–water partition coefficient (Wildman–Crippen LogP) is 2.39. The Morgan fingerprint density at radius 1 is 1.12 bits per heavy atom. The number of aromatic nitrogens is 2. The highest BCUT2D eigenvalue weighted by molar-refractivity contribution is 5.58. The maximum atomic E-state index is 10.9. The van der Waals surface area contributed by atoms with Crippen molar-refractivity contribution < 1.29 is 0 Å². The van der Waals surface area contributed by atoms with E-state index < -0.39 is 0 Å². The molecule has 1 heterocycles. The Labute approximate surface area is 94.2 Å². The van der Waals surface area contributed by atoms with Crippen LogP contribution in [-0.4, -0.2) is 10.2 Å². The van der Waals surface area contributed by atoms with Crippen LogP contribution < -0.4 is 5.56 Å². The summed E-state index contributed by atoms with van der Waals surface area (Å²) in [5, 5.41) is 6.42. The number of benzene rings is 1. The van der Waals surface area contributed by atoms with E-state index in [1.807, 2.05) is 12.1 Å². The Hall–Kier alpha value is -1.90. The van der Waals surface area contributed by atoms with Crippen LogP contribution in [0, 0.1) is 0 Å². The highest BCUT2D eigenvalue weighted by atomic mass is 16.1. The van der Waals surface area contributed by atoms with Crippen LogP contribution in [0.3, 0.4) is 0 Å². The van der Waals surface area contributed by atoms with Gasteiger partial charge in [0.25, 0.3) is 5.56 Å². The molecule has 0 radical (unpaired) electrons. The Morgan fingerprint density at radius 2 is 1.88 bits per heavy atom. The molecule has 0 atom stereocenters. The molecule has 0 unspecified atom stereocenters. The van der Waals surface area contributed by atoms with Crippen molar-refractivity contribution in [1.82, 2.24) is 10.2 Å². The molecular formula is C13H14N2O. The summed E-state index contributed by atoms with van der Waals surface area (Å²) in [7, 11) is 0. The molecular weight excluding hydrogens is 200 g/mol. The summed E-state index contributed by atoms with van der Waals surface area (Å²) in [4.78, 5) is 10.9. The molecule has 0 spiro atoms. The third-order valence-corrected chi connectivity index (χ3v) is 2.47. The molecule has 3 heteroatoms. The maximum absolute atomic E-state index is 10.9. The van der Waals surface area contributed by atoms with Crippen molar-refractivity contribution in [3.05, 3.63) is 52.3 Å². The van der Waals surface area contributed by atoms with Crippen molar-refractivity contribution in [1.29, 1.82) is 0 Å². The first-order valence-electron chi connectivity index (χ1n) is 5.44. The van der Waals surface area contributed by atoms with Gasteiger partial charge < -0.3 is 0 Å². The fraction of sp³-hybridized carbons (Fsp3) is 0.231. The van der Waals surface area contributed by atoms with E-state index in [1.165, 1.54) is 11.6 Å². The van der Waals surface area contributed by atoms with Crippen LogP contribution in [0.5, 0.6) is 0 Å². The van der Waals surface area contributed by atoms with Crippen LogP contribution in [0.15, 0.2) is 41.2 Å². The highest BCUT2D eigenvalue weighted by Crippen LogP contribution is 2.16. The van der Waals surface area contributed by atoms with Gasteiger partial charge in [-0.05, 0) is 18.1 Å². The monoisotopic (exact) mass is 214 g/mol. The largest absolute Gasteiger partial charge is 0.268 e. The van der Waals surface area contributed by atoms with Gasteiger partial charge in [0.05, 0.1) is 5.69 Å². The van der Waals surface area contributed by atoms with E-state index in [9.17, 15) is 4.79 Å². The molecule has 0 bridgehead atoms. The lowest BCUT2D eigenvalue weighted by Gasteiger charge is -2.02. The van der Waals surface area contributed by atoms with Crippen LogP contribution >= 0.6 is 0 Å². The fourth-order valence-electron chi connectivity index (χ4n) is 1.64. The molecule has 1 N–H and O–H groups in total. The highest BCUT2D eigenvalue weighted by Gasteiger charge is 1.99. The third-order valence-electron chi connectivity index (χ3n) is 2.47. The van der Waals surface area contributed by atoms with Crippen LogP contribution in [0.4, 0.5) is 0 Å². The molecule has 0 aliphatic heterocycles. The van der Waals surface area contributed by atoms with E-state index in [1.54, 1.807) is 6.07 Å². The number of aryl methyl sites for hydroxylation is 1. The standard InChI is InChI=1S/C13H14N2O/c1-2-3-10-4-6-11(7-5-10)12-8-9-13(16)15-14-12/h4-9H,2-3H2,1H3,(H,15,16). The number of nitrogens with one attached hydrogen (secondary N) is 1. The smallest absolute Gasteiger partial charge is 0.264 e. The van der Waals surface area contributed by atoms with Gasteiger partial charge in [-0.3, -0.25) is 4.79 Å². The number of rotatable bonds is 3. The van der Waals surface area contributed by atoms with Gasteiger partial charge in [-0.1, -0.05) is 37.6 Å². The lowest BCUT2D eigenvalue weighted by atomic mass is 10.1. The summed E-state index contributed by atoms with van der Waals surface area (Å²) < 4.78 is 0. The average Bonchev–Trinajstić information content (AvgIpc) is 2.32. The number of hydrogen-bond donors (Lipinski definition) is 1. The van der Waals surface area contributed by atoms with Crippen molar-refractivity contribution in [3.8, 4) is 11.3 Å². The first kappa shape index (κ1) is 10.6. The molecule has 0 aliphatic carbocycles. The second-order valence-electron chi connectivity index (χ2n) is 3.75. The molecule has 0 saturated carbocycles. The number of aromatic amines is 1. The quantitative estimate of drug-likeness (QED) is 0.852. The molecule has 1 aromatic heterocycles. The molecule has 0 aliphatic rings. The topological polar surface area (TPSA) is 45.8 Å². The molecule has 0 fully saturated rings. The molecule has 3 nitrogen and oxygen atoms in total. The second-order valence-corrected chi connectivity index (χ2v) is 3.75. The van der Waals surface area contributed by atoms with Crippen molar-refractivity contribution in [2.45, 2.75) is 19.8 Å². The predicted molar refractivity (Wildman–Crippen MR) is 64.3 cm³/mol. The van der Waals surface area contributed by atoms with E-state index >= 15 is 0 Å². The second kappa shape index (κ2) is 4.75. The number of H-pyrrole nitrogens is 1. The maximum Gasteiger partial charge on any atom is 0.264 e. The number of nitrogens with zero attached hydrogens (tertiary/aromatic N) is 1. The zero-order valence-electron chi connectivity index (χ0n) is 9.23. The van der Waals surface area contributed by atoms with Gasteiger partial charge in [-0.15, -0.1) is 0 Å². The minimum absolute atomic E-state index is 0.175. The van der Waals surface area contributed by atoms with Gasteiger partial charge in [0.2, 0.25) is 0 Å². The number of hydrogen-bond acceptors (Lipinski definition) is 2. The summed E-state index contributed by atoms with van der Waals surface area (Å²) in [5.74, 6) is 0. The van der Waals surface area contributed by atoms with Gasteiger partial charge in [-0.25, -0.2) is 5.10 Å². The van der Waals surface area contributed by atoms with Crippen LogP contribution in [0.1, 0.15) is 18.9 Å². The van der Waals surface area contributed by atoms with Gasteiger partial charge in [0, 0.05) is 11.6 Å². The minimum atomic E-state index is -0.175. The summed E-state index contributed by atoms with van der Waals surface area (Å²) >= 11 is 0. The van der Waals surface area contributed by atoms with E-state index in [0.29, 0.717) is 0 Å². The molecule has 0 amide bonds. The first-order valence-corrected chi connectivity index (χ1v) is 5.44. The van der Waals surface area contributed by atoms with Gasteiger partial charge in [0.1, 0.15) is 0 Å². The van der Waals surface area contributed by atoms with Crippen LogP contribution in [-0.2, 0) is 6.42 Å². The zero-order valence-corrected chi connectivity index (χ0v) is 9.23. The Bertz CT molecular complexity index is 494. The average molecular weight is 214 g/mol. The van der Waals surface area contributed by atoms with Crippen molar-refractivity contribution >= 4 is 0 Å². The normalized spacial score (nSPS) is 10.3. The van der Waals surface area contributed by atoms with E-state index in [2.05, 4.69) is 29.3 Å². The SMILES string of the molecule is CCCc1ccc(-c2ccc(=O)[nH]n2)cc1. The Morgan fingerprint density at radius 3 is 2.44 bits per heavy atom. The summed E-state index contributed by atoms with van der Waals surface area (Å²) in [6.45, 7) is 2.16. The Kier molecular flexibility index (Phi) is 3.15. The van der Waals surface area contributed by atoms with E-state index in [0.717, 1.165) is 24.1 Å². The van der Waals surface area contributed by atoms with Gasteiger partial charge >= 0.3 is 0 Å². The lowest BCUT2D eigenvalue weighted by Crippen LogP contribution is -2.05. The zero-order chi connectivity index (χ0) is 11.4. The van der Waals surface area contributed by atoms with Crippen LogP contribution in [0.2, 0.25) is 0 Å². The Balaban J connectivity index is 2.27. The molecule has 1 aromatic carbocycles. The van der Waals surface area contributed by atoms with Crippen LogP contribution in [0.25, 0.3) is 11.3 Å². The molecule has 2 rings (SSSR count).